The molecule has 2 N–H and O–H groups in total. The number of hydrogen-bond donors (Lipinski definition) is 2. The zero-order valence-electron chi connectivity index (χ0n) is 10.3. The van der Waals surface area contributed by atoms with Gasteiger partial charge in [0.25, 0.3) is 0 Å². The van der Waals surface area contributed by atoms with E-state index in [0.29, 0.717) is 26.1 Å². The second-order valence-corrected chi connectivity index (χ2v) is 4.56. The largest absolute Gasteiger partial charge is 0.390 e. The first kappa shape index (κ1) is 13.4. The molecule has 5 heteroatoms. The van der Waals surface area contributed by atoms with Gasteiger partial charge >= 0.3 is 0 Å². The molecule has 1 saturated heterocycles. The van der Waals surface area contributed by atoms with Crippen molar-refractivity contribution in [2.45, 2.75) is 25.5 Å². The molecule has 0 saturated carbocycles. The molecule has 0 spiro atoms. The molecule has 1 unspecified atom stereocenters. The Morgan fingerprint density at radius 2 is 2.31 bits per heavy atom. The number of carbonyl (C=O) groups excluding carboxylic acids is 1. The number of ether oxygens (including phenoxy) is 1. The second-order valence-electron chi connectivity index (χ2n) is 4.56. The Morgan fingerprint density at radius 3 is 2.81 bits per heavy atom. The molecule has 0 aromatic heterocycles. The minimum atomic E-state index is -0.452. The van der Waals surface area contributed by atoms with Gasteiger partial charge in [-0.15, -0.1) is 0 Å². The van der Waals surface area contributed by atoms with Crippen molar-refractivity contribution in [3.8, 4) is 0 Å². The van der Waals surface area contributed by atoms with E-state index >= 15 is 0 Å². The molecule has 16 heavy (non-hydrogen) atoms. The maximum Gasteiger partial charge on any atom is 0.223 e. The van der Waals surface area contributed by atoms with Crippen LogP contribution in [-0.2, 0) is 9.53 Å². The number of methoxy groups -OCH3 is 1. The van der Waals surface area contributed by atoms with Gasteiger partial charge in [0.1, 0.15) is 0 Å². The van der Waals surface area contributed by atoms with Crippen LogP contribution in [0.15, 0.2) is 0 Å². The fourth-order valence-corrected chi connectivity index (χ4v) is 2.02. The lowest BCUT2D eigenvalue weighted by molar-refractivity contribution is -0.134. The number of nitrogens with zero attached hydrogens (tertiary/aromatic N) is 1. The highest BCUT2D eigenvalue weighted by Crippen LogP contribution is 2.11. The molecule has 1 aliphatic rings. The van der Waals surface area contributed by atoms with Gasteiger partial charge in [0.05, 0.1) is 12.1 Å². The van der Waals surface area contributed by atoms with Crippen molar-refractivity contribution in [3.63, 3.8) is 0 Å². The van der Waals surface area contributed by atoms with Crippen molar-refractivity contribution < 1.29 is 14.6 Å². The molecule has 1 fully saturated rings. The summed E-state index contributed by atoms with van der Waals surface area (Å²) in [4.78, 5) is 13.5. The van der Waals surface area contributed by atoms with E-state index in [1.807, 2.05) is 6.92 Å². The topological polar surface area (TPSA) is 61.8 Å². The van der Waals surface area contributed by atoms with Gasteiger partial charge in [-0.3, -0.25) is 4.79 Å². The average molecular weight is 230 g/mol. The summed E-state index contributed by atoms with van der Waals surface area (Å²) >= 11 is 0. The maximum atomic E-state index is 11.9. The van der Waals surface area contributed by atoms with Gasteiger partial charge in [-0.25, -0.2) is 0 Å². The van der Waals surface area contributed by atoms with Crippen molar-refractivity contribution in [3.05, 3.63) is 0 Å². The molecule has 0 radical (unpaired) electrons. The van der Waals surface area contributed by atoms with Crippen molar-refractivity contribution in [2.24, 2.45) is 5.92 Å². The van der Waals surface area contributed by atoms with Crippen LogP contribution in [0.3, 0.4) is 0 Å². The Hall–Kier alpha value is -0.650. The molecule has 5 nitrogen and oxygen atoms in total. The minimum absolute atomic E-state index is 0.0669. The van der Waals surface area contributed by atoms with Gasteiger partial charge < -0.3 is 20.1 Å². The lowest BCUT2D eigenvalue weighted by atomic mass is 10.1. The lowest BCUT2D eigenvalue weighted by Gasteiger charge is -2.27. The summed E-state index contributed by atoms with van der Waals surface area (Å²) in [6, 6.07) is -0.0951. The van der Waals surface area contributed by atoms with E-state index in [1.54, 1.807) is 19.1 Å². The van der Waals surface area contributed by atoms with E-state index in [4.69, 9.17) is 4.74 Å². The monoisotopic (exact) mass is 230 g/mol. The summed E-state index contributed by atoms with van der Waals surface area (Å²) in [5, 5.41) is 12.7. The summed E-state index contributed by atoms with van der Waals surface area (Å²) in [5.41, 5.74) is 0. The van der Waals surface area contributed by atoms with Gasteiger partial charge in [0, 0.05) is 40.3 Å². The van der Waals surface area contributed by atoms with E-state index in [0.717, 1.165) is 0 Å². The summed E-state index contributed by atoms with van der Waals surface area (Å²) in [7, 11) is 3.39. The molecule has 1 aliphatic heterocycles. The smallest absolute Gasteiger partial charge is 0.223 e. The Balaban J connectivity index is 2.40. The van der Waals surface area contributed by atoms with Crippen LogP contribution in [0.4, 0.5) is 0 Å². The number of amides is 1. The van der Waals surface area contributed by atoms with Crippen LogP contribution >= 0.6 is 0 Å². The molecule has 0 aromatic rings. The third kappa shape index (κ3) is 3.43. The molecule has 1 heterocycles. The van der Waals surface area contributed by atoms with Gasteiger partial charge in [0.2, 0.25) is 5.91 Å². The van der Waals surface area contributed by atoms with Crippen molar-refractivity contribution >= 4 is 5.91 Å². The average Bonchev–Trinajstić information content (AvgIpc) is 2.63. The minimum Gasteiger partial charge on any atom is -0.390 e. The number of β-amino-alcohol motifs (C(OH)–C–C–N with tert-alkyl or cyclic N) is 1. The van der Waals surface area contributed by atoms with Crippen LogP contribution < -0.4 is 5.32 Å². The molecule has 0 bridgehead atoms. The molecular formula is C11H22N2O3. The van der Waals surface area contributed by atoms with Crippen LogP contribution in [0.1, 0.15) is 13.3 Å². The first-order valence-electron chi connectivity index (χ1n) is 5.69. The zero-order valence-corrected chi connectivity index (χ0v) is 10.3. The van der Waals surface area contributed by atoms with Gasteiger partial charge in [0.15, 0.2) is 0 Å². The molecule has 94 valence electrons. The predicted octanol–water partition coefficient (Wildman–Crippen LogP) is -0.550. The van der Waals surface area contributed by atoms with E-state index < -0.39 is 6.10 Å². The van der Waals surface area contributed by atoms with Crippen molar-refractivity contribution in [1.82, 2.24) is 10.2 Å². The quantitative estimate of drug-likeness (QED) is 0.665. The number of rotatable bonds is 5. The van der Waals surface area contributed by atoms with Gasteiger partial charge in [-0.05, 0) is 5.92 Å². The van der Waals surface area contributed by atoms with Crippen molar-refractivity contribution in [1.29, 1.82) is 0 Å². The normalized spacial score (nSPS) is 26.8. The molecule has 1 amide bonds. The van der Waals surface area contributed by atoms with E-state index in [9.17, 15) is 9.90 Å². The number of aliphatic hydroxyl groups is 1. The highest BCUT2D eigenvalue weighted by atomic mass is 16.5. The molecule has 3 atom stereocenters. The molecule has 1 rings (SSSR count). The van der Waals surface area contributed by atoms with Crippen LogP contribution in [0.5, 0.6) is 0 Å². The SMILES string of the molecule is COCC(C)CC(=O)N(C)[C@H]1CNC[C@@H]1O. The highest BCUT2D eigenvalue weighted by Gasteiger charge is 2.31. The summed E-state index contributed by atoms with van der Waals surface area (Å²) < 4.78 is 5.00. The van der Waals surface area contributed by atoms with Crippen LogP contribution in [0, 0.1) is 5.92 Å². The van der Waals surface area contributed by atoms with Gasteiger partial charge in [-0.2, -0.15) is 0 Å². The number of likely N-dealkylation sites (N-methyl/N-ethyl adjacent to an activating group) is 1. The zero-order chi connectivity index (χ0) is 12.1. The van der Waals surface area contributed by atoms with E-state index in [2.05, 4.69) is 5.32 Å². The Labute approximate surface area is 96.8 Å². The summed E-state index contributed by atoms with van der Waals surface area (Å²) in [5.74, 6) is 0.281. The Morgan fingerprint density at radius 1 is 1.62 bits per heavy atom. The summed E-state index contributed by atoms with van der Waals surface area (Å²) in [6.45, 7) is 3.81. The number of aliphatic hydroxyl groups excluding tert-OH is 1. The fourth-order valence-electron chi connectivity index (χ4n) is 2.02. The van der Waals surface area contributed by atoms with Crippen molar-refractivity contribution in [2.75, 3.05) is 33.9 Å². The van der Waals surface area contributed by atoms with Crippen LogP contribution in [-0.4, -0.2) is 61.9 Å². The number of carbonyl (C=O) groups is 1. The molecular weight excluding hydrogens is 208 g/mol. The standard InChI is InChI=1S/C11H22N2O3/c1-8(7-16-3)4-11(15)13(2)9-5-12-6-10(9)14/h8-10,12,14H,4-7H2,1-3H3/t8?,9-,10-/m0/s1. The Bertz CT molecular complexity index is 235. The molecule has 0 aliphatic carbocycles. The molecule has 0 aromatic carbocycles. The van der Waals surface area contributed by atoms with E-state index in [1.165, 1.54) is 0 Å². The fraction of sp³-hybridized carbons (Fsp3) is 0.909. The van der Waals surface area contributed by atoms with Crippen LogP contribution in [0.25, 0.3) is 0 Å². The highest BCUT2D eigenvalue weighted by molar-refractivity contribution is 5.76. The first-order valence-corrected chi connectivity index (χ1v) is 5.69. The predicted molar refractivity (Wildman–Crippen MR) is 61.1 cm³/mol. The Kier molecular flexibility index (Phi) is 5.18. The first-order chi connectivity index (χ1) is 7.56. The number of nitrogens with one attached hydrogen (secondary N) is 1. The van der Waals surface area contributed by atoms with Gasteiger partial charge in [-0.1, -0.05) is 6.92 Å². The summed E-state index contributed by atoms with van der Waals surface area (Å²) in [6.07, 6.45) is 0.0137. The lowest BCUT2D eigenvalue weighted by Crippen LogP contribution is -2.44. The second kappa shape index (κ2) is 6.18. The third-order valence-electron chi connectivity index (χ3n) is 3.02. The van der Waals surface area contributed by atoms with E-state index in [-0.39, 0.29) is 17.9 Å². The number of hydrogen-bond acceptors (Lipinski definition) is 4. The van der Waals surface area contributed by atoms with Crippen LogP contribution in [0.2, 0.25) is 0 Å². The third-order valence-corrected chi connectivity index (χ3v) is 3.02. The maximum absolute atomic E-state index is 11.9.